The van der Waals surface area contributed by atoms with Crippen LogP contribution < -0.4 is 5.32 Å². The van der Waals surface area contributed by atoms with E-state index in [4.69, 9.17) is 5.11 Å². The standard InChI is InChI=1S/C15H23NO2S/c1-10-8-11(2)14(12(3)9-10)16-15(18)13(4)19-7-5-6-17/h8-9,13,17H,5-7H2,1-4H3,(H,16,18). The smallest absolute Gasteiger partial charge is 0.237 e. The zero-order valence-electron chi connectivity index (χ0n) is 12.1. The number of hydrogen-bond acceptors (Lipinski definition) is 3. The fourth-order valence-corrected chi connectivity index (χ4v) is 2.86. The third-order valence-electron chi connectivity index (χ3n) is 2.96. The van der Waals surface area contributed by atoms with Crippen molar-refractivity contribution in [1.82, 2.24) is 0 Å². The second kappa shape index (κ2) is 7.56. The van der Waals surface area contributed by atoms with E-state index in [9.17, 15) is 4.79 Å². The van der Waals surface area contributed by atoms with Crippen molar-refractivity contribution in [3.05, 3.63) is 28.8 Å². The molecule has 3 nitrogen and oxygen atoms in total. The summed E-state index contributed by atoms with van der Waals surface area (Å²) in [4.78, 5) is 12.1. The highest BCUT2D eigenvalue weighted by molar-refractivity contribution is 8.00. The van der Waals surface area contributed by atoms with Crippen molar-refractivity contribution in [1.29, 1.82) is 0 Å². The molecule has 0 bridgehead atoms. The Morgan fingerprint density at radius 1 is 1.32 bits per heavy atom. The molecule has 4 heteroatoms. The van der Waals surface area contributed by atoms with Gasteiger partial charge in [0.2, 0.25) is 5.91 Å². The number of anilines is 1. The lowest BCUT2D eigenvalue weighted by atomic mass is 10.1. The molecule has 1 atom stereocenters. The molecule has 0 aliphatic carbocycles. The van der Waals surface area contributed by atoms with Gasteiger partial charge in [-0.15, -0.1) is 11.8 Å². The molecule has 0 saturated carbocycles. The molecule has 1 rings (SSSR count). The Bertz CT molecular complexity index is 423. The zero-order chi connectivity index (χ0) is 14.4. The van der Waals surface area contributed by atoms with Gasteiger partial charge >= 0.3 is 0 Å². The maximum atomic E-state index is 12.1. The summed E-state index contributed by atoms with van der Waals surface area (Å²) in [5.41, 5.74) is 4.32. The third-order valence-corrected chi connectivity index (χ3v) is 4.20. The number of carbonyl (C=O) groups is 1. The summed E-state index contributed by atoms with van der Waals surface area (Å²) in [6.07, 6.45) is 0.727. The number of thioether (sulfide) groups is 1. The van der Waals surface area contributed by atoms with E-state index in [2.05, 4.69) is 24.4 Å². The van der Waals surface area contributed by atoms with E-state index < -0.39 is 0 Å². The molecule has 1 aromatic rings. The fraction of sp³-hybridized carbons (Fsp3) is 0.533. The van der Waals surface area contributed by atoms with Gasteiger partial charge in [-0.3, -0.25) is 4.79 Å². The Balaban J connectivity index is 2.66. The number of aliphatic hydroxyl groups excluding tert-OH is 1. The minimum atomic E-state index is -0.105. The Labute approximate surface area is 119 Å². The number of hydrogen-bond donors (Lipinski definition) is 2. The van der Waals surface area contributed by atoms with Gasteiger partial charge in [-0.25, -0.2) is 0 Å². The highest BCUT2D eigenvalue weighted by atomic mass is 32.2. The van der Waals surface area contributed by atoms with Crippen LogP contribution in [0.4, 0.5) is 5.69 Å². The van der Waals surface area contributed by atoms with Gasteiger partial charge in [0.05, 0.1) is 5.25 Å². The summed E-state index contributed by atoms with van der Waals surface area (Å²) in [5, 5.41) is 11.6. The first-order valence-electron chi connectivity index (χ1n) is 6.57. The van der Waals surface area contributed by atoms with Gasteiger partial charge < -0.3 is 10.4 Å². The predicted octanol–water partition coefficient (Wildman–Crippen LogP) is 3.05. The average molecular weight is 281 g/mol. The van der Waals surface area contributed by atoms with Crippen LogP contribution in [0.5, 0.6) is 0 Å². The van der Waals surface area contributed by atoms with Gasteiger partial charge in [-0.2, -0.15) is 0 Å². The van der Waals surface area contributed by atoms with E-state index in [1.165, 1.54) is 5.56 Å². The van der Waals surface area contributed by atoms with Gasteiger partial charge in [-0.1, -0.05) is 17.7 Å². The van der Waals surface area contributed by atoms with Crippen LogP contribution in [0, 0.1) is 20.8 Å². The van der Waals surface area contributed by atoms with Crippen LogP contribution in [-0.2, 0) is 4.79 Å². The van der Waals surface area contributed by atoms with E-state index in [-0.39, 0.29) is 17.8 Å². The molecule has 1 unspecified atom stereocenters. The SMILES string of the molecule is Cc1cc(C)c(NC(=O)C(C)SCCCO)c(C)c1. The number of carbonyl (C=O) groups excluding carboxylic acids is 1. The van der Waals surface area contributed by atoms with Crippen LogP contribution in [-0.4, -0.2) is 28.6 Å². The van der Waals surface area contributed by atoms with Crippen LogP contribution in [0.25, 0.3) is 0 Å². The van der Waals surface area contributed by atoms with Crippen LogP contribution in [0.15, 0.2) is 12.1 Å². The number of nitrogens with one attached hydrogen (secondary N) is 1. The number of aryl methyl sites for hydroxylation is 3. The minimum absolute atomic E-state index is 0.0259. The first-order chi connectivity index (χ1) is 8.95. The molecule has 0 fully saturated rings. The molecule has 0 heterocycles. The molecule has 1 aromatic carbocycles. The molecule has 106 valence electrons. The Morgan fingerprint density at radius 3 is 2.42 bits per heavy atom. The number of amides is 1. The molecule has 0 aliphatic rings. The summed E-state index contributed by atoms with van der Waals surface area (Å²) < 4.78 is 0. The molecule has 0 spiro atoms. The second-order valence-corrected chi connectivity index (χ2v) is 6.30. The second-order valence-electron chi connectivity index (χ2n) is 4.85. The molecular formula is C15H23NO2S. The number of aliphatic hydroxyl groups is 1. The lowest BCUT2D eigenvalue weighted by molar-refractivity contribution is -0.115. The summed E-state index contributed by atoms with van der Waals surface area (Å²) in [7, 11) is 0. The zero-order valence-corrected chi connectivity index (χ0v) is 12.9. The van der Waals surface area contributed by atoms with Crippen LogP contribution >= 0.6 is 11.8 Å². The van der Waals surface area contributed by atoms with Crippen molar-refractivity contribution < 1.29 is 9.90 Å². The molecule has 0 radical (unpaired) electrons. The van der Waals surface area contributed by atoms with Crippen molar-refractivity contribution in [2.45, 2.75) is 39.4 Å². The van der Waals surface area contributed by atoms with Crippen molar-refractivity contribution in [2.75, 3.05) is 17.7 Å². The lowest BCUT2D eigenvalue weighted by Crippen LogP contribution is -2.23. The average Bonchev–Trinajstić information content (AvgIpc) is 2.33. The third kappa shape index (κ3) is 4.88. The largest absolute Gasteiger partial charge is 0.396 e. The molecule has 0 aromatic heterocycles. The van der Waals surface area contributed by atoms with Crippen LogP contribution in [0.3, 0.4) is 0 Å². The van der Waals surface area contributed by atoms with Crippen molar-refractivity contribution in [3.8, 4) is 0 Å². The first-order valence-corrected chi connectivity index (χ1v) is 7.61. The maximum absolute atomic E-state index is 12.1. The van der Waals surface area contributed by atoms with Crippen LogP contribution in [0.2, 0.25) is 0 Å². The fourth-order valence-electron chi connectivity index (χ4n) is 2.00. The van der Waals surface area contributed by atoms with Crippen molar-refractivity contribution in [3.63, 3.8) is 0 Å². The van der Waals surface area contributed by atoms with E-state index in [0.29, 0.717) is 0 Å². The topological polar surface area (TPSA) is 49.3 Å². The number of benzene rings is 1. The summed E-state index contributed by atoms with van der Waals surface area (Å²) in [5.74, 6) is 0.828. The van der Waals surface area contributed by atoms with E-state index in [1.54, 1.807) is 11.8 Å². The first kappa shape index (κ1) is 16.1. The highest BCUT2D eigenvalue weighted by Crippen LogP contribution is 2.23. The summed E-state index contributed by atoms with van der Waals surface area (Å²) in [6, 6.07) is 4.15. The molecule has 2 N–H and O–H groups in total. The summed E-state index contributed by atoms with van der Waals surface area (Å²) in [6.45, 7) is 8.16. The Morgan fingerprint density at radius 2 is 1.89 bits per heavy atom. The molecule has 19 heavy (non-hydrogen) atoms. The van der Waals surface area contributed by atoms with Gasteiger partial charge in [0.15, 0.2) is 0 Å². The van der Waals surface area contributed by atoms with Gasteiger partial charge in [0.25, 0.3) is 0 Å². The van der Waals surface area contributed by atoms with E-state index in [0.717, 1.165) is 29.0 Å². The predicted molar refractivity (Wildman–Crippen MR) is 82.9 cm³/mol. The van der Waals surface area contributed by atoms with Gasteiger partial charge in [0, 0.05) is 12.3 Å². The lowest BCUT2D eigenvalue weighted by Gasteiger charge is -2.16. The monoisotopic (exact) mass is 281 g/mol. The molecule has 0 saturated heterocycles. The van der Waals surface area contributed by atoms with Gasteiger partial charge in [-0.05, 0) is 51.0 Å². The normalized spacial score (nSPS) is 12.3. The molecule has 1 amide bonds. The molecule has 0 aliphatic heterocycles. The highest BCUT2D eigenvalue weighted by Gasteiger charge is 2.15. The quantitative estimate of drug-likeness (QED) is 0.788. The maximum Gasteiger partial charge on any atom is 0.237 e. The van der Waals surface area contributed by atoms with Crippen LogP contribution in [0.1, 0.15) is 30.0 Å². The molecular weight excluding hydrogens is 258 g/mol. The van der Waals surface area contributed by atoms with Crippen molar-refractivity contribution >= 4 is 23.4 Å². The van der Waals surface area contributed by atoms with E-state index >= 15 is 0 Å². The Hall–Kier alpha value is -1.00. The van der Waals surface area contributed by atoms with Crippen molar-refractivity contribution in [2.24, 2.45) is 0 Å². The van der Waals surface area contributed by atoms with Gasteiger partial charge in [0.1, 0.15) is 0 Å². The minimum Gasteiger partial charge on any atom is -0.396 e. The van der Waals surface area contributed by atoms with E-state index in [1.807, 2.05) is 20.8 Å². The Kier molecular flexibility index (Phi) is 6.38. The summed E-state index contributed by atoms with van der Waals surface area (Å²) >= 11 is 1.57. The number of rotatable bonds is 6.